The monoisotopic (exact) mass is 456 g/mol. The van der Waals surface area contributed by atoms with E-state index in [1.54, 1.807) is 30.5 Å². The van der Waals surface area contributed by atoms with Gasteiger partial charge in [-0.05, 0) is 18.2 Å². The zero-order valence-electron chi connectivity index (χ0n) is 18.1. The molecule has 2 aromatic carbocycles. The van der Waals surface area contributed by atoms with E-state index in [0.29, 0.717) is 34.3 Å². The second-order valence-corrected chi connectivity index (χ2v) is 6.66. The summed E-state index contributed by atoms with van der Waals surface area (Å²) in [6.07, 6.45) is 4.32. The van der Waals surface area contributed by atoms with Gasteiger partial charge in [-0.1, -0.05) is 0 Å². The second-order valence-electron chi connectivity index (χ2n) is 6.66. The minimum Gasteiger partial charge on any atom is -0.493 e. The van der Waals surface area contributed by atoms with Crippen LogP contribution in [0.15, 0.2) is 48.7 Å². The summed E-state index contributed by atoms with van der Waals surface area (Å²) in [5, 5.41) is 5.56. The lowest BCUT2D eigenvalue weighted by molar-refractivity contribution is -0.111. The largest absolute Gasteiger partial charge is 0.493 e. The fourth-order valence-electron chi connectivity index (χ4n) is 2.96. The first-order chi connectivity index (χ1) is 15.9. The number of benzene rings is 2. The molecule has 172 valence electrons. The van der Waals surface area contributed by atoms with Gasteiger partial charge in [-0.25, -0.2) is 13.8 Å². The smallest absolute Gasteiger partial charge is 0.248 e. The standard InChI is InChI=1S/C23H22F2N4O4/c1-31-19-9-14(10-20(32-2)22(19)33-3)28-23-13(5-4-8-27-23)6-7-21(30)29-18-12-16(25)15(24)11-17(18)26/h4-12H,26H2,1-3H3,(H,27,28)(H,29,30)/b7-6+. The van der Waals surface area contributed by atoms with Gasteiger partial charge in [0.05, 0.1) is 32.7 Å². The van der Waals surface area contributed by atoms with Crippen molar-refractivity contribution in [3.63, 3.8) is 0 Å². The summed E-state index contributed by atoms with van der Waals surface area (Å²) in [4.78, 5) is 16.6. The summed E-state index contributed by atoms with van der Waals surface area (Å²) in [5.74, 6) is -1.00. The maximum Gasteiger partial charge on any atom is 0.248 e. The van der Waals surface area contributed by atoms with E-state index >= 15 is 0 Å². The fourth-order valence-corrected chi connectivity index (χ4v) is 2.96. The summed E-state index contributed by atoms with van der Waals surface area (Å²) in [7, 11) is 4.52. The van der Waals surface area contributed by atoms with E-state index < -0.39 is 17.5 Å². The number of amides is 1. The highest BCUT2D eigenvalue weighted by atomic mass is 19.2. The molecule has 8 nitrogen and oxygen atoms in total. The van der Waals surface area contributed by atoms with E-state index in [2.05, 4.69) is 15.6 Å². The Bertz CT molecular complexity index is 1180. The van der Waals surface area contributed by atoms with Crippen LogP contribution in [0.4, 0.5) is 31.7 Å². The number of nitrogens with two attached hydrogens (primary N) is 1. The predicted octanol–water partition coefficient (Wildman–Crippen LogP) is 4.36. The molecule has 1 heterocycles. The lowest BCUT2D eigenvalue weighted by Gasteiger charge is -2.15. The van der Waals surface area contributed by atoms with Crippen LogP contribution < -0.4 is 30.6 Å². The molecule has 0 aliphatic heterocycles. The van der Waals surface area contributed by atoms with Crippen molar-refractivity contribution in [1.29, 1.82) is 0 Å². The first kappa shape index (κ1) is 23.3. The minimum atomic E-state index is -1.12. The molecule has 1 amide bonds. The molecule has 0 atom stereocenters. The summed E-state index contributed by atoms with van der Waals surface area (Å²) >= 11 is 0. The van der Waals surface area contributed by atoms with Crippen molar-refractivity contribution in [2.45, 2.75) is 0 Å². The molecule has 0 unspecified atom stereocenters. The molecule has 0 fully saturated rings. The SMILES string of the molecule is COc1cc(Nc2ncccc2/C=C/C(=O)Nc2cc(F)c(F)cc2N)cc(OC)c1OC. The molecule has 0 bridgehead atoms. The van der Waals surface area contributed by atoms with Crippen LogP contribution in [0.1, 0.15) is 5.56 Å². The van der Waals surface area contributed by atoms with Crippen LogP contribution in [0.3, 0.4) is 0 Å². The number of nitrogens with zero attached hydrogens (tertiary/aromatic N) is 1. The Kier molecular flexibility index (Phi) is 7.29. The molecule has 0 aliphatic rings. The van der Waals surface area contributed by atoms with E-state index in [0.717, 1.165) is 12.1 Å². The van der Waals surface area contributed by atoms with Crippen molar-refractivity contribution in [3.8, 4) is 17.2 Å². The Balaban J connectivity index is 1.82. The number of carbonyl (C=O) groups excluding carboxylic acids is 1. The minimum absolute atomic E-state index is 0.0366. The highest BCUT2D eigenvalue weighted by Crippen LogP contribution is 2.40. The maximum absolute atomic E-state index is 13.4. The van der Waals surface area contributed by atoms with Crippen LogP contribution in [0.2, 0.25) is 0 Å². The molecule has 0 saturated heterocycles. The molecule has 0 saturated carbocycles. The number of halogens is 2. The van der Waals surface area contributed by atoms with Gasteiger partial charge in [0, 0.05) is 47.8 Å². The van der Waals surface area contributed by atoms with Crippen LogP contribution in [-0.4, -0.2) is 32.2 Å². The maximum atomic E-state index is 13.4. The van der Waals surface area contributed by atoms with Gasteiger partial charge in [0.2, 0.25) is 11.7 Å². The van der Waals surface area contributed by atoms with Crippen LogP contribution in [-0.2, 0) is 4.79 Å². The van der Waals surface area contributed by atoms with Crippen LogP contribution >= 0.6 is 0 Å². The van der Waals surface area contributed by atoms with Crippen LogP contribution in [0.25, 0.3) is 6.08 Å². The number of methoxy groups -OCH3 is 3. The van der Waals surface area contributed by atoms with E-state index in [9.17, 15) is 13.6 Å². The first-order valence-electron chi connectivity index (χ1n) is 9.62. The molecule has 3 aromatic rings. The number of anilines is 4. The average molecular weight is 456 g/mol. The Morgan fingerprint density at radius 1 is 1.03 bits per heavy atom. The van der Waals surface area contributed by atoms with Gasteiger partial charge in [-0.15, -0.1) is 0 Å². The number of nitrogen functional groups attached to an aromatic ring is 1. The van der Waals surface area contributed by atoms with E-state index in [1.807, 2.05) is 0 Å². The molecule has 0 radical (unpaired) electrons. The Morgan fingerprint density at radius 2 is 1.70 bits per heavy atom. The third kappa shape index (κ3) is 5.48. The molecular weight excluding hydrogens is 434 g/mol. The van der Waals surface area contributed by atoms with Gasteiger partial charge >= 0.3 is 0 Å². The number of nitrogens with one attached hydrogen (secondary N) is 2. The molecule has 0 aliphatic carbocycles. The number of carbonyl (C=O) groups is 1. The number of hydrogen-bond acceptors (Lipinski definition) is 7. The third-order valence-electron chi connectivity index (χ3n) is 4.53. The van der Waals surface area contributed by atoms with Crippen molar-refractivity contribution < 1.29 is 27.8 Å². The summed E-state index contributed by atoms with van der Waals surface area (Å²) in [6, 6.07) is 8.48. The van der Waals surface area contributed by atoms with Gasteiger partial charge in [0.1, 0.15) is 5.82 Å². The zero-order valence-corrected chi connectivity index (χ0v) is 18.1. The normalized spacial score (nSPS) is 10.7. The van der Waals surface area contributed by atoms with E-state index in [1.165, 1.54) is 33.5 Å². The zero-order chi connectivity index (χ0) is 24.0. The fraction of sp³-hybridized carbons (Fsp3) is 0.130. The van der Waals surface area contributed by atoms with Crippen molar-refractivity contribution in [1.82, 2.24) is 4.98 Å². The van der Waals surface area contributed by atoms with Crippen molar-refractivity contribution in [3.05, 3.63) is 65.9 Å². The van der Waals surface area contributed by atoms with Crippen LogP contribution in [0, 0.1) is 11.6 Å². The predicted molar refractivity (Wildman–Crippen MR) is 122 cm³/mol. The Morgan fingerprint density at radius 3 is 2.33 bits per heavy atom. The second kappa shape index (κ2) is 10.3. The highest BCUT2D eigenvalue weighted by Gasteiger charge is 2.14. The van der Waals surface area contributed by atoms with Gasteiger partial charge in [0.25, 0.3) is 0 Å². The number of rotatable bonds is 8. The van der Waals surface area contributed by atoms with Gasteiger partial charge in [-0.2, -0.15) is 0 Å². The van der Waals surface area contributed by atoms with Crippen molar-refractivity contribution in [2.75, 3.05) is 37.7 Å². The first-order valence-corrected chi connectivity index (χ1v) is 9.62. The molecule has 3 rings (SSSR count). The van der Waals surface area contributed by atoms with Gasteiger partial charge < -0.3 is 30.6 Å². The summed E-state index contributed by atoms with van der Waals surface area (Å²) in [6.45, 7) is 0. The van der Waals surface area contributed by atoms with E-state index in [4.69, 9.17) is 19.9 Å². The van der Waals surface area contributed by atoms with E-state index in [-0.39, 0.29) is 11.4 Å². The Hall–Kier alpha value is -4.34. The van der Waals surface area contributed by atoms with Gasteiger partial charge in [0.15, 0.2) is 23.1 Å². The van der Waals surface area contributed by atoms with Gasteiger partial charge in [-0.3, -0.25) is 4.79 Å². The highest BCUT2D eigenvalue weighted by molar-refractivity contribution is 6.03. The summed E-state index contributed by atoms with van der Waals surface area (Å²) < 4.78 is 42.7. The number of aromatic nitrogens is 1. The topological polar surface area (TPSA) is 108 Å². The molecule has 10 heteroatoms. The van der Waals surface area contributed by atoms with Crippen LogP contribution in [0.5, 0.6) is 17.2 Å². The molecule has 4 N–H and O–H groups in total. The number of hydrogen-bond donors (Lipinski definition) is 3. The Labute approximate surface area is 189 Å². The number of ether oxygens (including phenoxy) is 3. The van der Waals surface area contributed by atoms with Crippen molar-refractivity contribution in [2.24, 2.45) is 0 Å². The molecule has 33 heavy (non-hydrogen) atoms. The van der Waals surface area contributed by atoms with Crippen molar-refractivity contribution >= 4 is 34.9 Å². The third-order valence-corrected chi connectivity index (χ3v) is 4.53. The number of pyridine rings is 1. The molecule has 1 aromatic heterocycles. The molecular formula is C23H22F2N4O4. The average Bonchev–Trinajstić information content (AvgIpc) is 2.81. The lowest BCUT2D eigenvalue weighted by Crippen LogP contribution is -2.10. The quantitative estimate of drug-likeness (QED) is 0.341. The summed E-state index contributed by atoms with van der Waals surface area (Å²) in [5.41, 5.74) is 6.69. The molecule has 0 spiro atoms. The lowest BCUT2D eigenvalue weighted by atomic mass is 10.2.